The summed E-state index contributed by atoms with van der Waals surface area (Å²) in [6.45, 7) is 2.12. The minimum absolute atomic E-state index is 1.09. The number of allylic oxidation sites excluding steroid dienone is 2. The molecular formula is C16H14N2. The highest BCUT2D eigenvalue weighted by Crippen LogP contribution is 2.36. The van der Waals surface area contributed by atoms with Gasteiger partial charge in [0.1, 0.15) is 0 Å². The third kappa shape index (κ3) is 1.20. The lowest BCUT2D eigenvalue weighted by Gasteiger charge is -2.14. The van der Waals surface area contributed by atoms with E-state index in [1.54, 1.807) is 0 Å². The number of para-hydroxylation sites is 1. The predicted molar refractivity (Wildman–Crippen MR) is 75.0 cm³/mol. The van der Waals surface area contributed by atoms with Crippen molar-refractivity contribution in [1.29, 1.82) is 0 Å². The number of aromatic nitrogens is 1. The van der Waals surface area contributed by atoms with E-state index in [1.807, 2.05) is 6.21 Å². The number of hydrogen-bond donors (Lipinski definition) is 0. The lowest BCUT2D eigenvalue weighted by atomic mass is 9.98. The van der Waals surface area contributed by atoms with Gasteiger partial charge in [-0.2, -0.15) is 0 Å². The summed E-state index contributed by atoms with van der Waals surface area (Å²) in [4.78, 5) is 4.69. The second-order valence-electron chi connectivity index (χ2n) is 4.96. The van der Waals surface area contributed by atoms with Crippen LogP contribution < -0.4 is 0 Å². The number of benzene rings is 1. The quantitative estimate of drug-likeness (QED) is 0.659. The summed E-state index contributed by atoms with van der Waals surface area (Å²) in [6.07, 6.45) is 8.75. The number of fused-ring (bicyclic) bond motifs is 2. The normalized spacial score (nSPS) is 15.7. The molecule has 18 heavy (non-hydrogen) atoms. The van der Waals surface area contributed by atoms with Crippen molar-refractivity contribution in [3.05, 3.63) is 53.4 Å². The van der Waals surface area contributed by atoms with Gasteiger partial charge in [0.25, 0.3) is 0 Å². The highest BCUT2D eigenvalue weighted by Gasteiger charge is 2.21. The second-order valence-corrected chi connectivity index (χ2v) is 4.96. The predicted octanol–water partition coefficient (Wildman–Crippen LogP) is 3.83. The molecule has 2 aliphatic rings. The molecule has 2 heteroatoms. The number of aliphatic imine (C=N–C) groups is 1. The summed E-state index contributed by atoms with van der Waals surface area (Å²) in [5, 5.41) is 0. The lowest BCUT2D eigenvalue weighted by molar-refractivity contribution is 0.955. The first-order valence-corrected chi connectivity index (χ1v) is 6.39. The van der Waals surface area contributed by atoms with Gasteiger partial charge in [-0.3, -0.25) is 4.99 Å². The molecule has 0 radical (unpaired) electrons. The maximum absolute atomic E-state index is 4.69. The van der Waals surface area contributed by atoms with Gasteiger partial charge in [-0.15, -0.1) is 0 Å². The van der Waals surface area contributed by atoms with Gasteiger partial charge in [0.2, 0.25) is 0 Å². The van der Waals surface area contributed by atoms with Crippen LogP contribution in [0.2, 0.25) is 0 Å². The van der Waals surface area contributed by atoms with Crippen LogP contribution in [-0.4, -0.2) is 10.8 Å². The van der Waals surface area contributed by atoms with E-state index in [0.717, 1.165) is 18.5 Å². The molecule has 1 aromatic heterocycles. The molecule has 4 rings (SSSR count). The minimum Gasteiger partial charge on any atom is -0.314 e. The van der Waals surface area contributed by atoms with E-state index in [1.165, 1.54) is 28.1 Å². The average molecular weight is 234 g/mol. The van der Waals surface area contributed by atoms with Crippen molar-refractivity contribution < 1.29 is 0 Å². The smallest absolute Gasteiger partial charge is 0.0899 e. The lowest BCUT2D eigenvalue weighted by Crippen LogP contribution is -2.03. The van der Waals surface area contributed by atoms with Gasteiger partial charge in [0, 0.05) is 18.0 Å². The molecule has 0 bridgehead atoms. The molecule has 0 unspecified atom stereocenters. The van der Waals surface area contributed by atoms with Crippen LogP contribution in [0.5, 0.6) is 0 Å². The largest absolute Gasteiger partial charge is 0.314 e. The molecular weight excluding hydrogens is 220 g/mol. The van der Waals surface area contributed by atoms with Crippen molar-refractivity contribution in [3.8, 4) is 5.69 Å². The second kappa shape index (κ2) is 3.45. The molecule has 0 saturated carbocycles. The summed E-state index contributed by atoms with van der Waals surface area (Å²) in [6, 6.07) is 8.62. The third-order valence-corrected chi connectivity index (χ3v) is 3.83. The Morgan fingerprint density at radius 1 is 1.22 bits per heavy atom. The maximum atomic E-state index is 4.69. The van der Waals surface area contributed by atoms with Gasteiger partial charge in [-0.1, -0.05) is 18.2 Å². The summed E-state index contributed by atoms with van der Waals surface area (Å²) in [5.74, 6) is 0. The Balaban J connectivity index is 2.12. The van der Waals surface area contributed by atoms with Crippen molar-refractivity contribution in [3.63, 3.8) is 0 Å². The van der Waals surface area contributed by atoms with Crippen LogP contribution >= 0.6 is 0 Å². The Morgan fingerprint density at radius 2 is 2.17 bits per heavy atom. The van der Waals surface area contributed by atoms with E-state index in [4.69, 9.17) is 0 Å². The van der Waals surface area contributed by atoms with Gasteiger partial charge in [-0.25, -0.2) is 0 Å². The zero-order valence-electron chi connectivity index (χ0n) is 10.4. The number of nitrogens with zero attached hydrogens (tertiary/aromatic N) is 2. The third-order valence-electron chi connectivity index (χ3n) is 3.83. The monoisotopic (exact) mass is 234 g/mol. The van der Waals surface area contributed by atoms with E-state index in [0.29, 0.717) is 0 Å². The molecule has 0 amide bonds. The number of aryl methyl sites for hydroxylation is 2. The molecule has 0 spiro atoms. The maximum Gasteiger partial charge on any atom is 0.0899 e. The Kier molecular flexibility index (Phi) is 1.90. The first-order chi connectivity index (χ1) is 8.84. The first-order valence-electron chi connectivity index (χ1n) is 6.39. The van der Waals surface area contributed by atoms with E-state index in [9.17, 15) is 0 Å². The molecule has 2 aromatic rings. The Morgan fingerprint density at radius 3 is 3.11 bits per heavy atom. The van der Waals surface area contributed by atoms with Crippen molar-refractivity contribution in [2.75, 3.05) is 0 Å². The van der Waals surface area contributed by atoms with E-state index >= 15 is 0 Å². The summed E-state index contributed by atoms with van der Waals surface area (Å²) in [7, 11) is 0. The molecule has 1 aromatic carbocycles. The minimum atomic E-state index is 1.09. The molecule has 1 aliphatic carbocycles. The Bertz CT molecular complexity index is 702. The van der Waals surface area contributed by atoms with Crippen LogP contribution in [0.1, 0.15) is 23.2 Å². The van der Waals surface area contributed by atoms with Crippen molar-refractivity contribution in [1.82, 2.24) is 4.57 Å². The Hall–Kier alpha value is -2.09. The highest BCUT2D eigenvalue weighted by molar-refractivity contribution is 6.12. The van der Waals surface area contributed by atoms with Gasteiger partial charge in [-0.05, 0) is 43.0 Å². The van der Waals surface area contributed by atoms with E-state index in [-0.39, 0.29) is 0 Å². The fourth-order valence-electron chi connectivity index (χ4n) is 2.93. The summed E-state index contributed by atoms with van der Waals surface area (Å²) >= 11 is 0. The van der Waals surface area contributed by atoms with Crippen LogP contribution in [0.25, 0.3) is 11.3 Å². The van der Waals surface area contributed by atoms with Crippen LogP contribution in [0.3, 0.4) is 0 Å². The molecule has 0 fully saturated rings. The standard InChI is InChI=1S/C16H14N2/c1-11-4-2-7-14-15(11)17-10-13-6-3-5-12-8-9-18(14)16(12)13/h2,4,6-10H,3,5H2,1H3. The first kappa shape index (κ1) is 9.89. The number of rotatable bonds is 0. The fraction of sp³-hybridized carbons (Fsp3) is 0.188. The van der Waals surface area contributed by atoms with Crippen LogP contribution in [0.4, 0.5) is 5.69 Å². The van der Waals surface area contributed by atoms with Crippen LogP contribution in [0.15, 0.2) is 41.5 Å². The molecule has 88 valence electrons. The van der Waals surface area contributed by atoms with Crippen molar-refractivity contribution >= 4 is 17.5 Å². The summed E-state index contributed by atoms with van der Waals surface area (Å²) in [5.41, 5.74) is 7.54. The fourth-order valence-corrected chi connectivity index (χ4v) is 2.93. The Labute approximate surface area is 106 Å². The summed E-state index contributed by atoms with van der Waals surface area (Å²) < 4.78 is 2.29. The molecule has 0 saturated heterocycles. The van der Waals surface area contributed by atoms with Gasteiger partial charge in [0.05, 0.1) is 17.1 Å². The molecule has 0 atom stereocenters. The SMILES string of the molecule is Cc1cccc2c1N=CC1=CCCc3ccn-2c31. The van der Waals surface area contributed by atoms with Crippen molar-refractivity contribution in [2.24, 2.45) is 4.99 Å². The number of hydrogen-bond acceptors (Lipinski definition) is 1. The topological polar surface area (TPSA) is 17.3 Å². The van der Waals surface area contributed by atoms with E-state index in [2.05, 4.69) is 53.0 Å². The molecule has 2 heterocycles. The highest BCUT2D eigenvalue weighted by atomic mass is 15.0. The van der Waals surface area contributed by atoms with Crippen molar-refractivity contribution in [2.45, 2.75) is 19.8 Å². The molecule has 2 nitrogen and oxygen atoms in total. The van der Waals surface area contributed by atoms with Crippen LogP contribution in [0, 0.1) is 6.92 Å². The van der Waals surface area contributed by atoms with Gasteiger partial charge in [0.15, 0.2) is 0 Å². The van der Waals surface area contributed by atoms with Gasteiger partial charge >= 0.3 is 0 Å². The van der Waals surface area contributed by atoms with Gasteiger partial charge < -0.3 is 4.57 Å². The molecule has 0 N–H and O–H groups in total. The zero-order valence-corrected chi connectivity index (χ0v) is 10.4. The molecule has 1 aliphatic heterocycles. The van der Waals surface area contributed by atoms with E-state index < -0.39 is 0 Å². The average Bonchev–Trinajstić information content (AvgIpc) is 2.73. The zero-order chi connectivity index (χ0) is 12.1. The van der Waals surface area contributed by atoms with Crippen LogP contribution in [-0.2, 0) is 6.42 Å².